The Morgan fingerprint density at radius 1 is 1.03 bits per heavy atom. The number of carbonyl (C=O) groups is 2. The molecule has 1 amide bonds. The molecule has 0 saturated heterocycles. The van der Waals surface area contributed by atoms with Crippen molar-refractivity contribution in [3.63, 3.8) is 0 Å². The fraction of sp³-hybridized carbons (Fsp3) is 0.0385. The Bertz CT molecular complexity index is 1650. The summed E-state index contributed by atoms with van der Waals surface area (Å²) in [6.45, 7) is 1.86. The number of nitrogens with zero attached hydrogens (tertiary/aromatic N) is 3. The number of para-hydroxylation sites is 1. The number of halogens is 1. The molecule has 5 aromatic rings. The van der Waals surface area contributed by atoms with Crippen molar-refractivity contribution in [3.8, 4) is 5.69 Å². The second-order valence-corrected chi connectivity index (χ2v) is 9.36. The monoisotopic (exact) mass is 516 g/mol. The van der Waals surface area contributed by atoms with E-state index in [4.69, 9.17) is 11.6 Å². The predicted octanol–water partition coefficient (Wildman–Crippen LogP) is 6.44. The zero-order valence-electron chi connectivity index (χ0n) is 18.8. The number of aryl methyl sites for hydroxylation is 1. The second-order valence-electron chi connectivity index (χ2n) is 7.92. The fourth-order valence-corrected chi connectivity index (χ4v) is 5.14. The van der Waals surface area contributed by atoms with Crippen LogP contribution in [0.3, 0.4) is 0 Å². The highest BCUT2D eigenvalue weighted by Crippen LogP contribution is 2.34. The Hall–Kier alpha value is -4.34. The molecule has 8 nitrogen and oxygen atoms in total. The summed E-state index contributed by atoms with van der Waals surface area (Å²) in [5, 5.41) is 19.4. The third-order valence-corrected chi connectivity index (χ3v) is 6.99. The van der Waals surface area contributed by atoms with E-state index in [0.29, 0.717) is 10.4 Å². The van der Waals surface area contributed by atoms with Gasteiger partial charge in [-0.2, -0.15) is 5.10 Å². The van der Waals surface area contributed by atoms with Crippen LogP contribution in [0.1, 0.15) is 31.3 Å². The van der Waals surface area contributed by atoms with Gasteiger partial charge in [0.1, 0.15) is 9.85 Å². The Balaban J connectivity index is 1.54. The molecular weight excluding hydrogens is 500 g/mol. The summed E-state index contributed by atoms with van der Waals surface area (Å²) in [6.07, 6.45) is 0. The largest absolute Gasteiger partial charge is 0.321 e. The smallest absolute Gasteiger partial charge is 0.288 e. The average molecular weight is 517 g/mol. The van der Waals surface area contributed by atoms with E-state index >= 15 is 0 Å². The molecule has 178 valence electrons. The number of anilines is 1. The third-order valence-electron chi connectivity index (χ3n) is 5.58. The lowest BCUT2D eigenvalue weighted by molar-refractivity contribution is -0.384. The van der Waals surface area contributed by atoms with Crippen LogP contribution in [-0.2, 0) is 0 Å². The molecule has 0 unspecified atom stereocenters. The highest BCUT2D eigenvalue weighted by Gasteiger charge is 2.24. The number of benzene rings is 3. The van der Waals surface area contributed by atoms with E-state index in [9.17, 15) is 19.7 Å². The standard InChI is InChI=1S/C26H17ClN4O4S/c1-15-18-13-23(36-26(18)30(29-15)17-10-6-3-7-11-17)25(33)28-21-14-20(27)22(31(34)35)12-19(21)24(32)16-8-4-2-5-9-16/h2-14H,1H3,(H,28,33). The molecule has 10 heteroatoms. The number of hydrogen-bond acceptors (Lipinski definition) is 6. The normalized spacial score (nSPS) is 10.9. The van der Waals surface area contributed by atoms with E-state index in [1.54, 1.807) is 41.1 Å². The maximum absolute atomic E-state index is 13.3. The molecule has 0 saturated carbocycles. The van der Waals surface area contributed by atoms with Crippen molar-refractivity contribution >= 4 is 56.2 Å². The van der Waals surface area contributed by atoms with Crippen LogP contribution in [0.5, 0.6) is 0 Å². The van der Waals surface area contributed by atoms with E-state index in [0.717, 1.165) is 27.7 Å². The lowest BCUT2D eigenvalue weighted by atomic mass is 10.0. The molecule has 0 atom stereocenters. The van der Waals surface area contributed by atoms with Crippen molar-refractivity contribution in [2.24, 2.45) is 0 Å². The molecule has 0 bridgehead atoms. The molecule has 1 N–H and O–H groups in total. The summed E-state index contributed by atoms with van der Waals surface area (Å²) in [6, 6.07) is 21.9. The molecule has 0 aliphatic carbocycles. The van der Waals surface area contributed by atoms with Gasteiger partial charge in [-0.25, -0.2) is 4.68 Å². The van der Waals surface area contributed by atoms with Crippen LogP contribution in [0.4, 0.5) is 11.4 Å². The number of hydrogen-bond donors (Lipinski definition) is 1. The number of aromatic nitrogens is 2. The minimum Gasteiger partial charge on any atom is -0.321 e. The number of rotatable bonds is 6. The van der Waals surface area contributed by atoms with Crippen LogP contribution in [-0.4, -0.2) is 26.4 Å². The Kier molecular flexibility index (Phi) is 6.09. The molecule has 3 aromatic carbocycles. The van der Waals surface area contributed by atoms with Gasteiger partial charge in [0.25, 0.3) is 11.6 Å². The first-order chi connectivity index (χ1) is 17.3. The van der Waals surface area contributed by atoms with Crippen LogP contribution in [0.2, 0.25) is 5.02 Å². The van der Waals surface area contributed by atoms with E-state index in [-0.39, 0.29) is 16.3 Å². The third kappa shape index (κ3) is 4.26. The van der Waals surface area contributed by atoms with Crippen molar-refractivity contribution < 1.29 is 14.5 Å². The van der Waals surface area contributed by atoms with Gasteiger partial charge in [0, 0.05) is 17.0 Å². The van der Waals surface area contributed by atoms with Gasteiger partial charge < -0.3 is 5.32 Å². The molecular formula is C26H17ClN4O4S. The Morgan fingerprint density at radius 3 is 2.36 bits per heavy atom. The van der Waals surface area contributed by atoms with Crippen molar-refractivity contribution in [1.29, 1.82) is 0 Å². The van der Waals surface area contributed by atoms with Crippen molar-refractivity contribution in [2.75, 3.05) is 5.32 Å². The van der Waals surface area contributed by atoms with Gasteiger partial charge in [0.05, 0.1) is 32.4 Å². The average Bonchev–Trinajstić information content (AvgIpc) is 3.45. The molecule has 0 aliphatic rings. The summed E-state index contributed by atoms with van der Waals surface area (Å²) in [4.78, 5) is 38.4. The fourth-order valence-electron chi connectivity index (χ4n) is 3.83. The summed E-state index contributed by atoms with van der Waals surface area (Å²) in [5.41, 5.74) is 1.59. The first kappa shape index (κ1) is 23.4. The van der Waals surface area contributed by atoms with Gasteiger partial charge >= 0.3 is 0 Å². The maximum Gasteiger partial charge on any atom is 0.288 e. The zero-order valence-corrected chi connectivity index (χ0v) is 20.3. The first-order valence-corrected chi connectivity index (χ1v) is 12.0. The quantitative estimate of drug-likeness (QED) is 0.159. The van der Waals surface area contributed by atoms with Gasteiger partial charge in [-0.1, -0.05) is 60.1 Å². The summed E-state index contributed by atoms with van der Waals surface area (Å²) in [5.74, 6) is -0.945. The first-order valence-electron chi connectivity index (χ1n) is 10.8. The minimum absolute atomic E-state index is 0.0293. The lowest BCUT2D eigenvalue weighted by Gasteiger charge is -2.11. The van der Waals surface area contributed by atoms with Crippen LogP contribution < -0.4 is 5.32 Å². The van der Waals surface area contributed by atoms with Gasteiger partial charge in [0.15, 0.2) is 5.78 Å². The van der Waals surface area contributed by atoms with E-state index < -0.39 is 22.3 Å². The highest BCUT2D eigenvalue weighted by molar-refractivity contribution is 7.20. The van der Waals surface area contributed by atoms with E-state index in [1.807, 2.05) is 37.3 Å². The molecule has 2 aromatic heterocycles. The highest BCUT2D eigenvalue weighted by atomic mass is 35.5. The van der Waals surface area contributed by atoms with Gasteiger partial charge in [0.2, 0.25) is 0 Å². The zero-order chi connectivity index (χ0) is 25.4. The summed E-state index contributed by atoms with van der Waals surface area (Å²) >= 11 is 7.37. The van der Waals surface area contributed by atoms with Crippen molar-refractivity contribution in [1.82, 2.24) is 9.78 Å². The number of nitro groups is 1. The predicted molar refractivity (Wildman–Crippen MR) is 140 cm³/mol. The number of thiophene rings is 1. The van der Waals surface area contributed by atoms with Crippen LogP contribution >= 0.6 is 22.9 Å². The van der Waals surface area contributed by atoms with Gasteiger partial charge in [-0.05, 0) is 31.2 Å². The van der Waals surface area contributed by atoms with Crippen molar-refractivity contribution in [2.45, 2.75) is 6.92 Å². The Morgan fingerprint density at radius 2 is 1.69 bits per heavy atom. The van der Waals surface area contributed by atoms with Crippen LogP contribution in [0, 0.1) is 17.0 Å². The second kappa shape index (κ2) is 9.37. The molecule has 0 aliphatic heterocycles. The SMILES string of the molecule is Cc1nn(-c2ccccc2)c2sc(C(=O)Nc3cc(Cl)c([N+](=O)[O-])cc3C(=O)c3ccccc3)cc12. The number of nitro benzene ring substituents is 1. The Labute approximate surface area is 213 Å². The van der Waals surface area contributed by atoms with Crippen LogP contribution in [0.25, 0.3) is 15.9 Å². The van der Waals surface area contributed by atoms with Gasteiger partial charge in [-0.15, -0.1) is 11.3 Å². The minimum atomic E-state index is -0.667. The van der Waals surface area contributed by atoms with Crippen molar-refractivity contribution in [3.05, 3.63) is 116 Å². The van der Waals surface area contributed by atoms with Crippen LogP contribution in [0.15, 0.2) is 78.9 Å². The molecule has 0 spiro atoms. The number of nitrogens with one attached hydrogen (secondary N) is 1. The number of carbonyl (C=O) groups excluding carboxylic acids is 2. The topological polar surface area (TPSA) is 107 Å². The summed E-state index contributed by atoms with van der Waals surface area (Å²) < 4.78 is 1.78. The molecule has 5 rings (SSSR count). The maximum atomic E-state index is 13.3. The van der Waals surface area contributed by atoms with Gasteiger partial charge in [-0.3, -0.25) is 19.7 Å². The molecule has 2 heterocycles. The molecule has 0 radical (unpaired) electrons. The number of ketones is 1. The summed E-state index contributed by atoms with van der Waals surface area (Å²) in [7, 11) is 0. The van der Waals surface area contributed by atoms with E-state index in [2.05, 4.69) is 10.4 Å². The molecule has 36 heavy (non-hydrogen) atoms. The lowest BCUT2D eigenvalue weighted by Crippen LogP contribution is -2.15. The number of fused-ring (bicyclic) bond motifs is 1. The molecule has 0 fully saturated rings. The number of amides is 1. The van der Waals surface area contributed by atoms with E-state index in [1.165, 1.54) is 17.4 Å².